The number of β-amino-alcohol motifs (C(OH)–C–C–N with tert-alkyl or cyclic N) is 1. The van der Waals surface area contributed by atoms with Gasteiger partial charge in [0.15, 0.2) is 0 Å². The number of piperazine rings is 1. The Morgan fingerprint density at radius 3 is 1.97 bits per heavy atom. The summed E-state index contributed by atoms with van der Waals surface area (Å²) in [6.07, 6.45) is -0.749. The van der Waals surface area contributed by atoms with Gasteiger partial charge in [0.2, 0.25) is 0 Å². The van der Waals surface area contributed by atoms with Gasteiger partial charge in [-0.25, -0.2) is 0 Å². The lowest BCUT2D eigenvalue weighted by molar-refractivity contribution is 0.0393. The lowest BCUT2D eigenvalue weighted by Crippen LogP contribution is -2.50. The van der Waals surface area contributed by atoms with E-state index in [2.05, 4.69) is 41.0 Å². The van der Waals surface area contributed by atoms with E-state index < -0.39 is 6.10 Å². The van der Waals surface area contributed by atoms with E-state index in [4.69, 9.17) is 0 Å². The fourth-order valence-electron chi connectivity index (χ4n) is 4.05. The zero-order chi connectivity index (χ0) is 20.4. The highest BCUT2D eigenvalue weighted by molar-refractivity contribution is 6.21. The molecule has 2 heterocycles. The molecular weight excluding hydrogens is 366 g/mol. The van der Waals surface area contributed by atoms with E-state index >= 15 is 0 Å². The van der Waals surface area contributed by atoms with Gasteiger partial charge in [-0.3, -0.25) is 24.3 Å². The standard InChI is InChI=1S/C23H27N3O3/c1-17-6-8-18(9-7-17)14-24-10-12-25(13-11-24)15-19(27)16-26-22(28)20-4-2-3-5-21(20)23(26)29/h2-9,19,27H,10-16H2,1H3. The van der Waals surface area contributed by atoms with Gasteiger partial charge in [-0.2, -0.15) is 0 Å². The van der Waals surface area contributed by atoms with Crippen molar-refractivity contribution in [1.29, 1.82) is 0 Å². The first-order valence-electron chi connectivity index (χ1n) is 10.1. The van der Waals surface area contributed by atoms with Crippen molar-refractivity contribution in [1.82, 2.24) is 14.7 Å². The fourth-order valence-corrected chi connectivity index (χ4v) is 4.05. The molecule has 1 unspecified atom stereocenters. The van der Waals surface area contributed by atoms with Crippen LogP contribution >= 0.6 is 0 Å². The Hall–Kier alpha value is -2.54. The van der Waals surface area contributed by atoms with Crippen LogP contribution in [0.15, 0.2) is 48.5 Å². The first kappa shape index (κ1) is 19.8. The second-order valence-electron chi connectivity index (χ2n) is 7.98. The van der Waals surface area contributed by atoms with Crippen LogP contribution in [0, 0.1) is 6.92 Å². The van der Waals surface area contributed by atoms with E-state index in [1.165, 1.54) is 16.0 Å². The summed E-state index contributed by atoms with van der Waals surface area (Å²) in [4.78, 5) is 30.7. The van der Waals surface area contributed by atoms with E-state index in [9.17, 15) is 14.7 Å². The number of aliphatic hydroxyl groups excluding tert-OH is 1. The third kappa shape index (κ3) is 4.40. The molecule has 1 atom stereocenters. The second-order valence-corrected chi connectivity index (χ2v) is 7.98. The maximum absolute atomic E-state index is 12.4. The average molecular weight is 393 g/mol. The highest BCUT2D eigenvalue weighted by atomic mass is 16.3. The largest absolute Gasteiger partial charge is 0.390 e. The summed E-state index contributed by atoms with van der Waals surface area (Å²) in [5.74, 6) is -0.625. The molecule has 2 aliphatic rings. The van der Waals surface area contributed by atoms with Crippen molar-refractivity contribution in [3.8, 4) is 0 Å². The number of hydrogen-bond donors (Lipinski definition) is 1. The number of fused-ring (bicyclic) bond motifs is 1. The van der Waals surface area contributed by atoms with Gasteiger partial charge in [0.25, 0.3) is 11.8 Å². The van der Waals surface area contributed by atoms with Crippen molar-refractivity contribution in [2.24, 2.45) is 0 Å². The molecule has 0 radical (unpaired) electrons. The lowest BCUT2D eigenvalue weighted by Gasteiger charge is -2.36. The molecule has 1 fully saturated rings. The predicted molar refractivity (Wildman–Crippen MR) is 111 cm³/mol. The van der Waals surface area contributed by atoms with Crippen molar-refractivity contribution >= 4 is 11.8 Å². The molecule has 0 saturated carbocycles. The Balaban J connectivity index is 1.25. The summed E-state index contributed by atoms with van der Waals surface area (Å²) in [5, 5.41) is 10.5. The number of amides is 2. The molecule has 1 saturated heterocycles. The first-order valence-corrected chi connectivity index (χ1v) is 10.1. The van der Waals surface area contributed by atoms with Crippen molar-refractivity contribution in [3.63, 3.8) is 0 Å². The van der Waals surface area contributed by atoms with E-state index in [1.807, 2.05) is 0 Å². The zero-order valence-corrected chi connectivity index (χ0v) is 16.8. The van der Waals surface area contributed by atoms with Crippen molar-refractivity contribution < 1.29 is 14.7 Å². The number of imide groups is 1. The zero-order valence-electron chi connectivity index (χ0n) is 16.8. The molecule has 6 nitrogen and oxygen atoms in total. The minimum absolute atomic E-state index is 0.0376. The summed E-state index contributed by atoms with van der Waals surface area (Å²) in [5.41, 5.74) is 3.43. The Bertz CT molecular complexity index is 853. The molecule has 0 bridgehead atoms. The van der Waals surface area contributed by atoms with Gasteiger partial charge < -0.3 is 5.11 Å². The number of nitrogens with zero attached hydrogens (tertiary/aromatic N) is 3. The van der Waals surface area contributed by atoms with Gasteiger partial charge in [-0.05, 0) is 24.6 Å². The monoisotopic (exact) mass is 393 g/mol. The smallest absolute Gasteiger partial charge is 0.261 e. The van der Waals surface area contributed by atoms with Gasteiger partial charge >= 0.3 is 0 Å². The minimum Gasteiger partial charge on any atom is -0.390 e. The Kier molecular flexibility index (Phi) is 5.76. The summed E-state index contributed by atoms with van der Waals surface area (Å²) in [7, 11) is 0. The number of carbonyl (C=O) groups excluding carboxylic acids is 2. The molecule has 152 valence electrons. The van der Waals surface area contributed by atoms with Gasteiger partial charge in [0.05, 0.1) is 23.8 Å². The molecule has 0 aliphatic carbocycles. The van der Waals surface area contributed by atoms with Crippen LogP contribution < -0.4 is 0 Å². The summed E-state index contributed by atoms with van der Waals surface area (Å²) < 4.78 is 0. The van der Waals surface area contributed by atoms with Crippen molar-refractivity contribution in [2.45, 2.75) is 19.6 Å². The number of aliphatic hydroxyl groups is 1. The molecule has 2 aromatic carbocycles. The van der Waals surface area contributed by atoms with Crippen LogP contribution in [-0.2, 0) is 6.54 Å². The molecule has 2 aliphatic heterocycles. The quantitative estimate of drug-likeness (QED) is 0.758. The minimum atomic E-state index is -0.749. The highest BCUT2D eigenvalue weighted by Crippen LogP contribution is 2.22. The van der Waals surface area contributed by atoms with Gasteiger partial charge in [-0.15, -0.1) is 0 Å². The maximum Gasteiger partial charge on any atom is 0.261 e. The van der Waals surface area contributed by atoms with E-state index in [1.54, 1.807) is 24.3 Å². The molecule has 2 amide bonds. The maximum atomic E-state index is 12.4. The molecule has 0 spiro atoms. The van der Waals surface area contributed by atoms with E-state index in [0.717, 1.165) is 32.7 Å². The van der Waals surface area contributed by atoms with E-state index in [-0.39, 0.29) is 18.4 Å². The topological polar surface area (TPSA) is 64.1 Å². The second kappa shape index (κ2) is 8.45. The molecule has 2 aromatic rings. The molecule has 4 rings (SSSR count). The summed E-state index contributed by atoms with van der Waals surface area (Å²) in [6.45, 7) is 7.14. The van der Waals surface area contributed by atoms with Crippen molar-refractivity contribution in [3.05, 3.63) is 70.8 Å². The highest BCUT2D eigenvalue weighted by Gasteiger charge is 2.36. The lowest BCUT2D eigenvalue weighted by atomic mass is 10.1. The molecule has 29 heavy (non-hydrogen) atoms. The summed E-state index contributed by atoms with van der Waals surface area (Å²) >= 11 is 0. The van der Waals surface area contributed by atoms with Crippen LogP contribution in [0.5, 0.6) is 0 Å². The Labute approximate surface area is 171 Å². The van der Waals surface area contributed by atoms with Gasteiger partial charge in [0, 0.05) is 39.3 Å². The Morgan fingerprint density at radius 2 is 1.38 bits per heavy atom. The first-order chi connectivity index (χ1) is 14.0. The SMILES string of the molecule is Cc1ccc(CN2CCN(CC(O)CN3C(=O)c4ccccc4C3=O)CC2)cc1. The number of carbonyl (C=O) groups is 2. The number of aryl methyl sites for hydroxylation is 1. The normalized spacial score (nSPS) is 18.9. The number of rotatable bonds is 6. The number of hydrogen-bond acceptors (Lipinski definition) is 5. The third-order valence-corrected chi connectivity index (χ3v) is 5.73. The van der Waals surface area contributed by atoms with Crippen LogP contribution in [0.4, 0.5) is 0 Å². The molecule has 6 heteroatoms. The van der Waals surface area contributed by atoms with Crippen LogP contribution in [0.3, 0.4) is 0 Å². The predicted octanol–water partition coefficient (Wildman–Crippen LogP) is 1.77. The molecular formula is C23H27N3O3. The summed E-state index contributed by atoms with van der Waals surface area (Å²) in [6, 6.07) is 15.5. The third-order valence-electron chi connectivity index (χ3n) is 5.73. The van der Waals surface area contributed by atoms with Crippen LogP contribution in [0.25, 0.3) is 0 Å². The van der Waals surface area contributed by atoms with Crippen LogP contribution in [0.2, 0.25) is 0 Å². The Morgan fingerprint density at radius 1 is 0.828 bits per heavy atom. The average Bonchev–Trinajstić information content (AvgIpc) is 2.96. The number of benzene rings is 2. The van der Waals surface area contributed by atoms with Crippen LogP contribution in [-0.4, -0.2) is 77.0 Å². The van der Waals surface area contributed by atoms with Gasteiger partial charge in [-0.1, -0.05) is 42.0 Å². The fraction of sp³-hybridized carbons (Fsp3) is 0.391. The molecule has 0 aromatic heterocycles. The molecule has 1 N–H and O–H groups in total. The van der Waals surface area contributed by atoms with Gasteiger partial charge in [0.1, 0.15) is 0 Å². The van der Waals surface area contributed by atoms with E-state index in [0.29, 0.717) is 17.7 Å². The van der Waals surface area contributed by atoms with Crippen LogP contribution in [0.1, 0.15) is 31.8 Å². The van der Waals surface area contributed by atoms with Crippen molar-refractivity contribution in [2.75, 3.05) is 39.3 Å².